The third-order valence-electron chi connectivity index (χ3n) is 4.76. The van der Waals surface area contributed by atoms with Gasteiger partial charge in [0, 0.05) is 5.82 Å². The van der Waals surface area contributed by atoms with Crippen molar-refractivity contribution in [2.45, 2.75) is 71.1 Å². The van der Waals surface area contributed by atoms with Crippen LogP contribution in [-0.4, -0.2) is 13.2 Å². The van der Waals surface area contributed by atoms with Gasteiger partial charge in [-0.25, -0.2) is 0 Å². The average molecular weight is 314 g/mol. The van der Waals surface area contributed by atoms with Gasteiger partial charge in [0.1, 0.15) is 0 Å². The lowest BCUT2D eigenvalue weighted by atomic mass is 9.90. The van der Waals surface area contributed by atoms with Gasteiger partial charge in [-0.1, -0.05) is 44.6 Å². The Kier molecular flexibility index (Phi) is 7.49. The Bertz CT molecular complexity index is 329. The van der Waals surface area contributed by atoms with Gasteiger partial charge in [-0.05, 0) is 44.4 Å². The Morgan fingerprint density at radius 1 is 0.857 bits per heavy atom. The summed E-state index contributed by atoms with van der Waals surface area (Å²) < 4.78 is 24.3. The van der Waals surface area contributed by atoms with E-state index >= 15 is 0 Å². The van der Waals surface area contributed by atoms with Crippen LogP contribution in [0.25, 0.3) is 0 Å². The second-order valence-electron chi connectivity index (χ2n) is 6.62. The highest BCUT2D eigenvalue weighted by Gasteiger charge is 2.25. The Morgan fingerprint density at radius 3 is 1.67 bits per heavy atom. The summed E-state index contributed by atoms with van der Waals surface area (Å²) in [4.78, 5) is 0. The molecule has 3 nitrogen and oxygen atoms in total. The van der Waals surface area contributed by atoms with E-state index in [0.717, 1.165) is 0 Å². The van der Waals surface area contributed by atoms with Gasteiger partial charge >= 0.3 is 7.60 Å². The predicted octanol–water partition coefficient (Wildman–Crippen LogP) is 5.91. The minimum atomic E-state index is -3.03. The average Bonchev–Trinajstić information content (AvgIpc) is 2.54. The maximum Gasteiger partial charge on any atom is 0.353 e. The molecular weight excluding hydrogens is 283 g/mol. The lowest BCUT2D eigenvalue weighted by molar-refractivity contribution is 0.143. The van der Waals surface area contributed by atoms with E-state index in [1.165, 1.54) is 64.2 Å². The Balaban J connectivity index is 1.78. The minimum Gasteiger partial charge on any atom is -0.305 e. The zero-order chi connectivity index (χ0) is 15.0. The zero-order valence-corrected chi connectivity index (χ0v) is 14.4. The van der Waals surface area contributed by atoms with Crippen molar-refractivity contribution in [1.82, 2.24) is 0 Å². The highest BCUT2D eigenvalue weighted by Crippen LogP contribution is 2.51. The second-order valence-corrected chi connectivity index (χ2v) is 8.52. The van der Waals surface area contributed by atoms with Crippen LogP contribution in [0, 0.1) is 11.8 Å². The first-order valence-corrected chi connectivity index (χ1v) is 10.4. The summed E-state index contributed by atoms with van der Waals surface area (Å²) in [6, 6.07) is 0. The normalized spacial score (nSPS) is 22.9. The van der Waals surface area contributed by atoms with E-state index < -0.39 is 7.60 Å². The third kappa shape index (κ3) is 6.26. The molecule has 0 spiro atoms. The molecular formula is C17H31O3P. The van der Waals surface area contributed by atoms with Crippen LogP contribution in [0.15, 0.2) is 11.9 Å². The van der Waals surface area contributed by atoms with Gasteiger partial charge in [-0.2, -0.15) is 0 Å². The van der Waals surface area contributed by atoms with Crippen LogP contribution in [-0.2, 0) is 13.6 Å². The van der Waals surface area contributed by atoms with Crippen LogP contribution in [0.2, 0.25) is 0 Å². The van der Waals surface area contributed by atoms with Crippen molar-refractivity contribution in [2.24, 2.45) is 11.8 Å². The summed E-state index contributed by atoms with van der Waals surface area (Å²) in [5.41, 5.74) is 0. The Labute approximate surface area is 130 Å². The summed E-state index contributed by atoms with van der Waals surface area (Å²) >= 11 is 0. The van der Waals surface area contributed by atoms with Gasteiger partial charge < -0.3 is 9.05 Å². The minimum absolute atomic E-state index is 0.565. The van der Waals surface area contributed by atoms with Gasteiger partial charge in [0.2, 0.25) is 0 Å². The molecule has 0 heterocycles. The van der Waals surface area contributed by atoms with E-state index in [-0.39, 0.29) is 0 Å². The molecule has 122 valence electrons. The number of hydrogen-bond donors (Lipinski definition) is 0. The molecule has 4 heteroatoms. The molecule has 0 radical (unpaired) electrons. The first-order valence-electron chi connectivity index (χ1n) is 8.74. The van der Waals surface area contributed by atoms with E-state index in [9.17, 15) is 4.57 Å². The molecule has 0 amide bonds. The van der Waals surface area contributed by atoms with Crippen LogP contribution in [0.4, 0.5) is 0 Å². The van der Waals surface area contributed by atoms with Crippen molar-refractivity contribution < 1.29 is 13.6 Å². The molecule has 2 saturated carbocycles. The standard InChI is InChI=1S/C17H31O3P/c1-2-13-21(18,19-14-16-9-5-3-6-10-16)20-15-17-11-7-4-8-12-17/h2,13,16-17H,3-12,14-15H2,1H3. The molecule has 2 aliphatic carbocycles. The Morgan fingerprint density at radius 2 is 1.29 bits per heavy atom. The summed E-state index contributed by atoms with van der Waals surface area (Å²) in [6.07, 6.45) is 14.4. The van der Waals surface area contributed by atoms with Crippen molar-refractivity contribution in [2.75, 3.05) is 13.2 Å². The lowest BCUT2D eigenvalue weighted by Gasteiger charge is -2.26. The molecule has 0 aliphatic heterocycles. The SMILES string of the molecule is CC=CP(=O)(OCC1CCCCC1)OCC1CCCCC1. The first kappa shape index (κ1) is 17.2. The maximum absolute atomic E-state index is 12.8. The first-order chi connectivity index (χ1) is 10.2. The molecule has 0 aromatic rings. The van der Waals surface area contributed by atoms with Gasteiger partial charge in [0.25, 0.3) is 0 Å². The van der Waals surface area contributed by atoms with Crippen molar-refractivity contribution in [1.29, 1.82) is 0 Å². The molecule has 0 aromatic heterocycles. The van der Waals surface area contributed by atoms with E-state index in [1.807, 2.05) is 6.92 Å². The molecule has 2 rings (SSSR count). The highest BCUT2D eigenvalue weighted by atomic mass is 31.2. The molecule has 0 aromatic carbocycles. The van der Waals surface area contributed by atoms with Crippen LogP contribution in [0.3, 0.4) is 0 Å². The lowest BCUT2D eigenvalue weighted by Crippen LogP contribution is -2.15. The molecule has 0 bridgehead atoms. The summed E-state index contributed by atoms with van der Waals surface area (Å²) in [5.74, 6) is 2.77. The molecule has 0 atom stereocenters. The van der Waals surface area contributed by atoms with Crippen LogP contribution in [0.5, 0.6) is 0 Å². The van der Waals surface area contributed by atoms with Crippen LogP contribution >= 0.6 is 7.60 Å². The monoisotopic (exact) mass is 314 g/mol. The molecule has 2 fully saturated rings. The fraction of sp³-hybridized carbons (Fsp3) is 0.882. The molecule has 2 aliphatic rings. The van der Waals surface area contributed by atoms with E-state index in [0.29, 0.717) is 25.0 Å². The van der Waals surface area contributed by atoms with Gasteiger partial charge in [0.05, 0.1) is 13.2 Å². The summed E-state index contributed by atoms with van der Waals surface area (Å²) in [6.45, 7) is 3.05. The third-order valence-corrected chi connectivity index (χ3v) is 6.44. The van der Waals surface area contributed by atoms with E-state index in [4.69, 9.17) is 9.05 Å². The highest BCUT2D eigenvalue weighted by molar-refractivity contribution is 7.57. The van der Waals surface area contributed by atoms with E-state index in [2.05, 4.69) is 0 Å². The van der Waals surface area contributed by atoms with Crippen molar-refractivity contribution >= 4 is 7.60 Å². The predicted molar refractivity (Wildman–Crippen MR) is 87.5 cm³/mol. The zero-order valence-electron chi connectivity index (χ0n) is 13.5. The smallest absolute Gasteiger partial charge is 0.305 e. The number of rotatable bonds is 7. The second kappa shape index (κ2) is 9.12. The molecule has 21 heavy (non-hydrogen) atoms. The fourth-order valence-electron chi connectivity index (χ4n) is 3.43. The quantitative estimate of drug-likeness (QED) is 0.548. The molecule has 0 saturated heterocycles. The van der Waals surface area contributed by atoms with Crippen LogP contribution in [0.1, 0.15) is 71.1 Å². The Hall–Kier alpha value is -0.110. The number of allylic oxidation sites excluding steroid dienone is 1. The van der Waals surface area contributed by atoms with Gasteiger partial charge in [-0.3, -0.25) is 4.57 Å². The number of hydrogen-bond acceptors (Lipinski definition) is 3. The van der Waals surface area contributed by atoms with Crippen molar-refractivity contribution in [3.63, 3.8) is 0 Å². The van der Waals surface area contributed by atoms with Gasteiger partial charge in [0.15, 0.2) is 0 Å². The largest absolute Gasteiger partial charge is 0.353 e. The van der Waals surface area contributed by atoms with Crippen molar-refractivity contribution in [3.05, 3.63) is 11.9 Å². The maximum atomic E-state index is 12.8. The van der Waals surface area contributed by atoms with Gasteiger partial charge in [-0.15, -0.1) is 0 Å². The molecule has 0 unspecified atom stereocenters. The summed E-state index contributed by atoms with van der Waals surface area (Å²) in [7, 11) is -3.03. The fourth-order valence-corrected chi connectivity index (χ4v) is 4.88. The summed E-state index contributed by atoms with van der Waals surface area (Å²) in [5, 5.41) is 0. The topological polar surface area (TPSA) is 35.5 Å². The van der Waals surface area contributed by atoms with Crippen molar-refractivity contribution in [3.8, 4) is 0 Å². The van der Waals surface area contributed by atoms with E-state index in [1.54, 1.807) is 11.9 Å². The molecule has 0 N–H and O–H groups in total. The van der Waals surface area contributed by atoms with Crippen LogP contribution < -0.4 is 0 Å².